The van der Waals surface area contributed by atoms with Gasteiger partial charge in [0.1, 0.15) is 12.1 Å². The SMILES string of the molecule is O=c1[nH]c(=O)c2c(ncn2C2=CC=CC=CN2)[nH]1. The number of H-pyrrole nitrogens is 2. The van der Waals surface area contributed by atoms with Gasteiger partial charge in [0.2, 0.25) is 0 Å². The van der Waals surface area contributed by atoms with Crippen LogP contribution in [0.1, 0.15) is 0 Å². The zero-order valence-electron chi connectivity index (χ0n) is 9.18. The van der Waals surface area contributed by atoms with E-state index in [0.29, 0.717) is 5.82 Å². The predicted molar refractivity (Wildman–Crippen MR) is 66.7 cm³/mol. The summed E-state index contributed by atoms with van der Waals surface area (Å²) in [5.74, 6) is 0.667. The normalized spacial score (nSPS) is 14.3. The smallest absolute Gasteiger partial charge is 0.327 e. The first-order chi connectivity index (χ1) is 8.75. The van der Waals surface area contributed by atoms with Gasteiger partial charge in [-0.3, -0.25) is 19.3 Å². The van der Waals surface area contributed by atoms with E-state index in [0.717, 1.165) is 0 Å². The largest absolute Gasteiger partial charge is 0.348 e. The van der Waals surface area contributed by atoms with Gasteiger partial charge in [0.05, 0.1) is 0 Å². The van der Waals surface area contributed by atoms with Crippen LogP contribution in [0.2, 0.25) is 0 Å². The van der Waals surface area contributed by atoms with E-state index in [9.17, 15) is 9.59 Å². The van der Waals surface area contributed by atoms with Crippen molar-refractivity contribution < 1.29 is 0 Å². The van der Waals surface area contributed by atoms with Crippen LogP contribution < -0.4 is 16.6 Å². The Hall–Kier alpha value is -2.83. The van der Waals surface area contributed by atoms with Crippen molar-refractivity contribution in [2.45, 2.75) is 0 Å². The molecule has 0 amide bonds. The van der Waals surface area contributed by atoms with Gasteiger partial charge in [0, 0.05) is 6.20 Å². The van der Waals surface area contributed by atoms with Crippen molar-refractivity contribution in [3.05, 3.63) is 57.7 Å². The Morgan fingerprint density at radius 1 is 1.11 bits per heavy atom. The van der Waals surface area contributed by atoms with Crippen LogP contribution >= 0.6 is 0 Å². The summed E-state index contributed by atoms with van der Waals surface area (Å²) in [7, 11) is 0. The second-order valence-corrected chi connectivity index (χ2v) is 3.66. The highest BCUT2D eigenvalue weighted by Gasteiger charge is 2.10. The third-order valence-corrected chi connectivity index (χ3v) is 2.50. The summed E-state index contributed by atoms with van der Waals surface area (Å²) in [6, 6.07) is 0. The summed E-state index contributed by atoms with van der Waals surface area (Å²) in [5, 5.41) is 3.01. The van der Waals surface area contributed by atoms with E-state index in [1.54, 1.807) is 16.8 Å². The molecule has 0 bridgehead atoms. The van der Waals surface area contributed by atoms with Crippen molar-refractivity contribution in [1.82, 2.24) is 24.8 Å². The van der Waals surface area contributed by atoms with Gasteiger partial charge in [-0.2, -0.15) is 0 Å². The van der Waals surface area contributed by atoms with Gasteiger partial charge >= 0.3 is 5.69 Å². The van der Waals surface area contributed by atoms with Gasteiger partial charge in [0.15, 0.2) is 11.2 Å². The molecule has 90 valence electrons. The zero-order valence-corrected chi connectivity index (χ0v) is 9.18. The maximum atomic E-state index is 11.8. The predicted octanol–water partition coefficient (Wildman–Crippen LogP) is -0.116. The maximum Gasteiger partial charge on any atom is 0.327 e. The molecule has 1 aliphatic heterocycles. The molecule has 0 radical (unpaired) electrons. The van der Waals surface area contributed by atoms with Crippen LogP contribution in [-0.2, 0) is 0 Å². The molecular weight excluding hydrogens is 234 g/mol. The Kier molecular flexibility index (Phi) is 2.23. The van der Waals surface area contributed by atoms with Crippen LogP contribution in [0.25, 0.3) is 17.0 Å². The third kappa shape index (κ3) is 1.58. The van der Waals surface area contributed by atoms with Crippen LogP contribution in [0.4, 0.5) is 0 Å². The van der Waals surface area contributed by atoms with Gasteiger partial charge in [0.25, 0.3) is 5.56 Å². The number of aromatic nitrogens is 4. The van der Waals surface area contributed by atoms with E-state index in [-0.39, 0.29) is 11.2 Å². The molecule has 3 heterocycles. The van der Waals surface area contributed by atoms with Gasteiger partial charge in [-0.25, -0.2) is 9.78 Å². The quantitative estimate of drug-likeness (QED) is 0.651. The van der Waals surface area contributed by atoms with Crippen LogP contribution in [-0.4, -0.2) is 19.5 Å². The van der Waals surface area contributed by atoms with E-state index in [1.807, 2.05) is 18.2 Å². The maximum absolute atomic E-state index is 11.8. The van der Waals surface area contributed by atoms with Gasteiger partial charge in [-0.15, -0.1) is 0 Å². The van der Waals surface area contributed by atoms with E-state index in [2.05, 4.69) is 20.3 Å². The average Bonchev–Trinajstić information content (AvgIpc) is 2.59. The number of hydrogen-bond acceptors (Lipinski definition) is 4. The van der Waals surface area contributed by atoms with E-state index >= 15 is 0 Å². The monoisotopic (exact) mass is 243 g/mol. The van der Waals surface area contributed by atoms with Gasteiger partial charge < -0.3 is 5.32 Å². The zero-order chi connectivity index (χ0) is 12.5. The molecule has 7 heteroatoms. The first-order valence-corrected chi connectivity index (χ1v) is 5.26. The first-order valence-electron chi connectivity index (χ1n) is 5.26. The molecule has 2 aromatic heterocycles. The van der Waals surface area contributed by atoms with Crippen molar-refractivity contribution in [3.63, 3.8) is 0 Å². The highest BCUT2D eigenvalue weighted by molar-refractivity contribution is 5.74. The molecule has 0 saturated carbocycles. The summed E-state index contributed by atoms with van der Waals surface area (Å²) in [6.45, 7) is 0. The van der Waals surface area contributed by atoms with Crippen molar-refractivity contribution in [2.24, 2.45) is 0 Å². The lowest BCUT2D eigenvalue weighted by molar-refractivity contribution is 0.996. The molecule has 0 atom stereocenters. The standard InChI is InChI=1S/C11H9N5O2/c17-10-8-9(14-11(18)15-10)13-6-16(8)7-4-2-1-3-5-12-7/h1-6,12H,(H2,14,15,17,18). The van der Waals surface area contributed by atoms with Crippen molar-refractivity contribution in [3.8, 4) is 0 Å². The number of nitrogens with one attached hydrogen (secondary N) is 3. The van der Waals surface area contributed by atoms with E-state index in [4.69, 9.17) is 0 Å². The molecule has 1 aliphatic rings. The summed E-state index contributed by atoms with van der Waals surface area (Å²) in [6.07, 6.45) is 10.5. The molecule has 0 spiro atoms. The number of fused-ring (bicyclic) bond motifs is 1. The topological polar surface area (TPSA) is 95.6 Å². The van der Waals surface area contributed by atoms with Crippen molar-refractivity contribution >= 4 is 17.0 Å². The minimum atomic E-state index is -0.569. The van der Waals surface area contributed by atoms with E-state index in [1.165, 1.54) is 6.33 Å². The Morgan fingerprint density at radius 2 is 2.00 bits per heavy atom. The van der Waals surface area contributed by atoms with Crippen LogP contribution in [0, 0.1) is 0 Å². The average molecular weight is 243 g/mol. The molecule has 7 nitrogen and oxygen atoms in total. The number of aromatic amines is 2. The van der Waals surface area contributed by atoms with Crippen LogP contribution in [0.15, 0.2) is 46.4 Å². The molecule has 0 fully saturated rings. The second-order valence-electron chi connectivity index (χ2n) is 3.66. The number of rotatable bonds is 1. The van der Waals surface area contributed by atoms with Crippen LogP contribution in [0.3, 0.4) is 0 Å². The fourth-order valence-electron chi connectivity index (χ4n) is 1.74. The number of nitrogens with zero attached hydrogens (tertiary/aromatic N) is 2. The van der Waals surface area contributed by atoms with Crippen molar-refractivity contribution in [1.29, 1.82) is 0 Å². The minimum Gasteiger partial charge on any atom is -0.348 e. The Labute approximate surface area is 100 Å². The van der Waals surface area contributed by atoms with E-state index < -0.39 is 11.2 Å². The van der Waals surface area contributed by atoms with Gasteiger partial charge in [-0.05, 0) is 12.2 Å². The number of hydrogen-bond donors (Lipinski definition) is 3. The highest BCUT2D eigenvalue weighted by Crippen LogP contribution is 2.10. The first kappa shape index (κ1) is 10.3. The number of allylic oxidation sites excluding steroid dienone is 4. The molecular formula is C11H9N5O2. The minimum absolute atomic E-state index is 0.253. The summed E-state index contributed by atoms with van der Waals surface area (Å²) in [4.78, 5) is 31.6. The number of imidazole rings is 1. The summed E-state index contributed by atoms with van der Waals surface area (Å²) >= 11 is 0. The molecule has 3 N–H and O–H groups in total. The Balaban J connectivity index is 2.28. The summed E-state index contributed by atoms with van der Waals surface area (Å²) < 4.78 is 1.57. The lowest BCUT2D eigenvalue weighted by Crippen LogP contribution is -2.24. The molecule has 0 aliphatic carbocycles. The fraction of sp³-hybridized carbons (Fsp3) is 0. The Morgan fingerprint density at radius 3 is 2.89 bits per heavy atom. The summed E-state index contributed by atoms with van der Waals surface area (Å²) in [5.41, 5.74) is -0.507. The lowest BCUT2D eigenvalue weighted by Gasteiger charge is -2.07. The lowest BCUT2D eigenvalue weighted by atomic mass is 10.4. The van der Waals surface area contributed by atoms with Crippen LogP contribution in [0.5, 0.6) is 0 Å². The molecule has 0 aromatic carbocycles. The molecule has 3 rings (SSSR count). The molecule has 0 saturated heterocycles. The fourth-order valence-corrected chi connectivity index (χ4v) is 1.74. The third-order valence-electron chi connectivity index (χ3n) is 2.50. The molecule has 18 heavy (non-hydrogen) atoms. The highest BCUT2D eigenvalue weighted by atomic mass is 16.2. The Bertz CT molecular complexity index is 803. The molecule has 2 aromatic rings. The second kappa shape index (κ2) is 3.88. The van der Waals surface area contributed by atoms with Gasteiger partial charge in [-0.1, -0.05) is 12.2 Å². The molecule has 0 unspecified atom stereocenters. The van der Waals surface area contributed by atoms with Crippen molar-refractivity contribution in [2.75, 3.05) is 0 Å².